The molecule has 0 atom stereocenters. The first-order valence-corrected chi connectivity index (χ1v) is 8.54. The molecule has 25 heavy (non-hydrogen) atoms. The van der Waals surface area contributed by atoms with E-state index >= 15 is 0 Å². The van der Waals surface area contributed by atoms with Crippen molar-refractivity contribution in [2.45, 2.75) is 6.42 Å². The molecule has 1 aromatic heterocycles. The fraction of sp³-hybridized carbons (Fsp3) is 0.150. The van der Waals surface area contributed by atoms with Gasteiger partial charge in [0.05, 0.1) is 4.88 Å². The molecule has 0 bridgehead atoms. The number of nitrogens with zero attached hydrogens (tertiary/aromatic N) is 1. The van der Waals surface area contributed by atoms with E-state index in [0.717, 1.165) is 16.0 Å². The Kier molecular flexibility index (Phi) is 6.31. The van der Waals surface area contributed by atoms with Gasteiger partial charge in [-0.1, -0.05) is 31.4 Å². The second-order valence-electron chi connectivity index (χ2n) is 5.57. The molecular weight excluding hydrogens is 337 g/mol. The molecule has 0 saturated heterocycles. The van der Waals surface area contributed by atoms with E-state index in [1.807, 2.05) is 12.1 Å². The lowest BCUT2D eigenvalue weighted by Gasteiger charge is -2.16. The number of allylic oxidation sites excluding steroid dienone is 2. The van der Waals surface area contributed by atoms with Gasteiger partial charge in [-0.25, -0.2) is 4.39 Å². The molecule has 0 saturated carbocycles. The number of aliphatic hydroxyl groups is 1. The SMILES string of the molecule is C=C/C(=C\C(=C)O)CCN(C)C(=O)c1ccc(-c2cccc(F)c2)s1. The first kappa shape index (κ1) is 18.7. The Labute approximate surface area is 151 Å². The van der Waals surface area contributed by atoms with Crippen molar-refractivity contribution in [3.63, 3.8) is 0 Å². The molecular formula is C20H20FNO2S. The Balaban J connectivity index is 2.05. The summed E-state index contributed by atoms with van der Waals surface area (Å²) in [5.74, 6) is -0.439. The zero-order chi connectivity index (χ0) is 18.4. The fourth-order valence-electron chi connectivity index (χ4n) is 2.28. The second-order valence-corrected chi connectivity index (χ2v) is 6.65. The number of hydrogen-bond acceptors (Lipinski definition) is 3. The molecule has 0 unspecified atom stereocenters. The summed E-state index contributed by atoms with van der Waals surface area (Å²) in [7, 11) is 1.72. The molecule has 1 aromatic carbocycles. The molecule has 0 radical (unpaired) electrons. The largest absolute Gasteiger partial charge is 0.509 e. The maximum atomic E-state index is 13.3. The van der Waals surface area contributed by atoms with Gasteiger partial charge in [0.2, 0.25) is 0 Å². The Morgan fingerprint density at radius 1 is 1.36 bits per heavy atom. The molecule has 0 fully saturated rings. The van der Waals surface area contributed by atoms with Crippen LogP contribution >= 0.6 is 11.3 Å². The van der Waals surface area contributed by atoms with Crippen molar-refractivity contribution in [2.24, 2.45) is 0 Å². The van der Waals surface area contributed by atoms with E-state index in [9.17, 15) is 14.3 Å². The van der Waals surface area contributed by atoms with Crippen molar-refractivity contribution >= 4 is 17.2 Å². The molecule has 2 rings (SSSR count). The summed E-state index contributed by atoms with van der Waals surface area (Å²) in [6.07, 6.45) is 3.72. The Bertz CT molecular complexity index is 823. The monoisotopic (exact) mass is 357 g/mol. The normalized spacial score (nSPS) is 11.2. The minimum atomic E-state index is -0.301. The summed E-state index contributed by atoms with van der Waals surface area (Å²) in [5, 5.41) is 9.21. The lowest BCUT2D eigenvalue weighted by molar-refractivity contribution is 0.0801. The average Bonchev–Trinajstić information content (AvgIpc) is 3.07. The van der Waals surface area contributed by atoms with Gasteiger partial charge in [0.15, 0.2) is 0 Å². The minimum Gasteiger partial charge on any atom is -0.509 e. The maximum Gasteiger partial charge on any atom is 0.263 e. The van der Waals surface area contributed by atoms with Crippen LogP contribution in [0, 0.1) is 5.82 Å². The zero-order valence-corrected chi connectivity index (χ0v) is 14.9. The third kappa shape index (κ3) is 5.16. The van der Waals surface area contributed by atoms with Crippen LogP contribution in [-0.2, 0) is 0 Å². The van der Waals surface area contributed by atoms with Gasteiger partial charge in [-0.2, -0.15) is 0 Å². The Hall–Kier alpha value is -2.66. The van der Waals surface area contributed by atoms with Crippen molar-refractivity contribution in [1.29, 1.82) is 0 Å². The third-order valence-corrected chi connectivity index (χ3v) is 4.75. The van der Waals surface area contributed by atoms with Gasteiger partial charge in [0, 0.05) is 18.5 Å². The highest BCUT2D eigenvalue weighted by Gasteiger charge is 2.15. The summed E-state index contributed by atoms with van der Waals surface area (Å²) < 4.78 is 13.3. The van der Waals surface area contributed by atoms with Crippen molar-refractivity contribution < 1.29 is 14.3 Å². The van der Waals surface area contributed by atoms with Crippen molar-refractivity contribution in [3.05, 3.63) is 83.7 Å². The van der Waals surface area contributed by atoms with Gasteiger partial charge in [-0.15, -0.1) is 11.3 Å². The predicted molar refractivity (Wildman–Crippen MR) is 101 cm³/mol. The Morgan fingerprint density at radius 3 is 2.76 bits per heavy atom. The Morgan fingerprint density at radius 2 is 2.12 bits per heavy atom. The molecule has 1 heterocycles. The standard InChI is InChI=1S/C20H20FNO2S/c1-4-15(12-14(2)23)10-11-22(3)20(24)19-9-8-18(25-19)16-6-5-7-17(21)13-16/h4-9,12-13,23H,1-2,10-11H2,3H3/b15-12+. The first-order valence-electron chi connectivity index (χ1n) is 7.73. The summed E-state index contributed by atoms with van der Waals surface area (Å²) >= 11 is 1.34. The van der Waals surface area contributed by atoms with E-state index < -0.39 is 0 Å². The molecule has 5 heteroatoms. The van der Waals surface area contributed by atoms with Gasteiger partial charge in [-0.05, 0) is 47.9 Å². The first-order chi connectivity index (χ1) is 11.9. The van der Waals surface area contributed by atoms with Gasteiger partial charge in [-0.3, -0.25) is 4.79 Å². The quantitative estimate of drug-likeness (QED) is 0.546. The number of halogens is 1. The summed E-state index contributed by atoms with van der Waals surface area (Å²) in [6.45, 7) is 7.59. The van der Waals surface area contributed by atoms with E-state index in [4.69, 9.17) is 0 Å². The number of benzene rings is 1. The van der Waals surface area contributed by atoms with Crippen LogP contribution in [0.4, 0.5) is 4.39 Å². The van der Waals surface area contributed by atoms with Crippen molar-refractivity contribution in [2.75, 3.05) is 13.6 Å². The molecule has 2 aromatic rings. The second kappa shape index (κ2) is 8.44. The van der Waals surface area contributed by atoms with Gasteiger partial charge < -0.3 is 10.0 Å². The number of thiophene rings is 1. The van der Waals surface area contributed by atoms with Crippen LogP contribution in [0.25, 0.3) is 10.4 Å². The van der Waals surface area contributed by atoms with E-state index in [-0.39, 0.29) is 17.5 Å². The predicted octanol–water partition coefficient (Wildman–Crippen LogP) is 5.20. The van der Waals surface area contributed by atoms with Crippen LogP contribution in [0.2, 0.25) is 0 Å². The van der Waals surface area contributed by atoms with Crippen LogP contribution in [-0.4, -0.2) is 29.5 Å². The molecule has 1 amide bonds. The van der Waals surface area contributed by atoms with Crippen molar-refractivity contribution in [3.8, 4) is 10.4 Å². The van der Waals surface area contributed by atoms with Crippen LogP contribution in [0.1, 0.15) is 16.1 Å². The van der Waals surface area contributed by atoms with Crippen LogP contribution in [0.5, 0.6) is 0 Å². The third-order valence-electron chi connectivity index (χ3n) is 3.62. The van der Waals surface area contributed by atoms with E-state index in [2.05, 4.69) is 13.2 Å². The fourth-order valence-corrected chi connectivity index (χ4v) is 3.28. The molecule has 3 nitrogen and oxygen atoms in total. The van der Waals surface area contributed by atoms with Crippen LogP contribution in [0.3, 0.4) is 0 Å². The lowest BCUT2D eigenvalue weighted by atomic mass is 10.1. The zero-order valence-electron chi connectivity index (χ0n) is 14.0. The lowest BCUT2D eigenvalue weighted by Crippen LogP contribution is -2.27. The topological polar surface area (TPSA) is 40.5 Å². The highest BCUT2D eigenvalue weighted by molar-refractivity contribution is 7.17. The number of amides is 1. The van der Waals surface area contributed by atoms with Crippen LogP contribution < -0.4 is 0 Å². The number of aliphatic hydroxyl groups excluding tert-OH is 1. The van der Waals surface area contributed by atoms with Gasteiger partial charge in [0.25, 0.3) is 5.91 Å². The number of carbonyl (C=O) groups is 1. The van der Waals surface area contributed by atoms with E-state index in [1.165, 1.54) is 29.5 Å². The smallest absolute Gasteiger partial charge is 0.263 e. The van der Waals surface area contributed by atoms with Crippen molar-refractivity contribution in [1.82, 2.24) is 4.90 Å². The molecule has 0 aliphatic heterocycles. The highest BCUT2D eigenvalue weighted by atomic mass is 32.1. The highest BCUT2D eigenvalue weighted by Crippen LogP contribution is 2.29. The molecule has 0 aliphatic carbocycles. The summed E-state index contributed by atoms with van der Waals surface area (Å²) in [5.41, 5.74) is 1.56. The summed E-state index contributed by atoms with van der Waals surface area (Å²) in [4.78, 5) is 15.6. The van der Waals surface area contributed by atoms with E-state index in [0.29, 0.717) is 17.8 Å². The number of carbonyl (C=O) groups excluding carboxylic acids is 1. The average molecular weight is 357 g/mol. The molecule has 1 N–H and O–H groups in total. The van der Waals surface area contributed by atoms with Gasteiger partial charge >= 0.3 is 0 Å². The van der Waals surface area contributed by atoms with E-state index in [1.54, 1.807) is 30.2 Å². The van der Waals surface area contributed by atoms with Crippen LogP contribution in [0.15, 0.2) is 73.0 Å². The minimum absolute atomic E-state index is 0.0399. The number of hydrogen-bond donors (Lipinski definition) is 1. The van der Waals surface area contributed by atoms with Gasteiger partial charge in [0.1, 0.15) is 11.6 Å². The molecule has 130 valence electrons. The summed E-state index contributed by atoms with van der Waals surface area (Å²) in [6, 6.07) is 9.89. The molecule has 0 aliphatic rings. The maximum absolute atomic E-state index is 13.3. The molecule has 0 spiro atoms. The number of rotatable bonds is 7.